The molecule has 1 heterocycles. The molecule has 0 aromatic heterocycles. The van der Waals surface area contributed by atoms with Crippen LogP contribution < -0.4 is 10.6 Å². The molecule has 0 amide bonds. The van der Waals surface area contributed by atoms with Gasteiger partial charge in [-0.2, -0.15) is 0 Å². The van der Waals surface area contributed by atoms with Gasteiger partial charge in [-0.15, -0.1) is 24.0 Å². The van der Waals surface area contributed by atoms with Gasteiger partial charge in [-0.1, -0.05) is 31.0 Å². The van der Waals surface area contributed by atoms with Crippen molar-refractivity contribution in [1.82, 2.24) is 15.5 Å². The minimum atomic E-state index is -3.26. The molecule has 2 N–H and O–H groups in total. The quantitative estimate of drug-likeness (QED) is 0.352. The van der Waals surface area contributed by atoms with Crippen LogP contribution in [-0.2, 0) is 9.84 Å². The molecule has 1 saturated carbocycles. The number of nitrogens with zero attached hydrogens (tertiary/aromatic N) is 2. The Morgan fingerprint density at radius 2 is 1.89 bits per heavy atom. The highest BCUT2D eigenvalue weighted by Crippen LogP contribution is 2.26. The fraction of sp³-hybridized carbons (Fsp3) is 0.632. The van der Waals surface area contributed by atoms with E-state index in [1.54, 1.807) is 31.3 Å². The smallest absolute Gasteiger partial charge is 0.191 e. The summed E-state index contributed by atoms with van der Waals surface area (Å²) >= 11 is 0. The van der Waals surface area contributed by atoms with Crippen LogP contribution in [0.25, 0.3) is 0 Å². The van der Waals surface area contributed by atoms with E-state index in [4.69, 9.17) is 0 Å². The third-order valence-corrected chi connectivity index (χ3v) is 7.12. The highest BCUT2D eigenvalue weighted by molar-refractivity contribution is 14.0. The molecule has 6 nitrogen and oxygen atoms in total. The van der Waals surface area contributed by atoms with Crippen LogP contribution in [-0.4, -0.2) is 63.8 Å². The largest absolute Gasteiger partial charge is 0.355 e. The molecule has 152 valence electrons. The van der Waals surface area contributed by atoms with E-state index < -0.39 is 9.84 Å². The van der Waals surface area contributed by atoms with E-state index in [1.807, 2.05) is 6.07 Å². The molecule has 1 saturated heterocycles. The summed E-state index contributed by atoms with van der Waals surface area (Å²) in [6, 6.07) is 9.73. The number of hydrogen-bond acceptors (Lipinski definition) is 4. The molecule has 0 radical (unpaired) electrons. The van der Waals surface area contributed by atoms with Crippen LogP contribution in [0.2, 0.25) is 0 Å². The lowest BCUT2D eigenvalue weighted by atomic mass is 10.2. The van der Waals surface area contributed by atoms with Gasteiger partial charge in [0.2, 0.25) is 0 Å². The topological polar surface area (TPSA) is 73.8 Å². The van der Waals surface area contributed by atoms with Crippen LogP contribution >= 0.6 is 24.0 Å². The van der Waals surface area contributed by atoms with E-state index in [-0.39, 0.29) is 29.7 Å². The van der Waals surface area contributed by atoms with Gasteiger partial charge in [0, 0.05) is 38.8 Å². The van der Waals surface area contributed by atoms with Crippen molar-refractivity contribution in [3.63, 3.8) is 0 Å². The average molecular weight is 506 g/mol. The first-order valence-corrected chi connectivity index (χ1v) is 11.2. The number of benzene rings is 1. The van der Waals surface area contributed by atoms with E-state index in [0.717, 1.165) is 25.6 Å². The zero-order valence-corrected chi connectivity index (χ0v) is 19.1. The van der Waals surface area contributed by atoms with E-state index in [2.05, 4.69) is 20.5 Å². The van der Waals surface area contributed by atoms with Crippen LogP contribution in [0.5, 0.6) is 0 Å². The Labute approximate surface area is 180 Å². The molecule has 1 aliphatic carbocycles. The first kappa shape index (κ1) is 22.4. The molecule has 1 atom stereocenters. The molecule has 8 heteroatoms. The molecule has 27 heavy (non-hydrogen) atoms. The molecular weight excluding hydrogens is 475 g/mol. The molecule has 1 aromatic rings. The Morgan fingerprint density at radius 1 is 1.19 bits per heavy atom. The monoisotopic (exact) mass is 506 g/mol. The standard InChI is InChI=1S/C19H30N4O2S.HI/c1-20-19(21-12-14-26(24,25)18-9-3-2-4-10-18)22-16-11-13-23(15-16)17-7-5-6-8-17;/h2-4,9-10,16-17H,5-8,11-15H2,1H3,(H2,20,21,22);1H. The number of sulfone groups is 1. The summed E-state index contributed by atoms with van der Waals surface area (Å²) in [7, 11) is -1.54. The van der Waals surface area contributed by atoms with Gasteiger partial charge in [0.1, 0.15) is 0 Å². The van der Waals surface area contributed by atoms with Crippen LogP contribution in [0, 0.1) is 0 Å². The number of likely N-dealkylation sites (tertiary alicyclic amines) is 1. The van der Waals surface area contributed by atoms with Crippen molar-refractivity contribution in [1.29, 1.82) is 0 Å². The van der Waals surface area contributed by atoms with Gasteiger partial charge >= 0.3 is 0 Å². The van der Waals surface area contributed by atoms with E-state index in [1.165, 1.54) is 25.7 Å². The van der Waals surface area contributed by atoms with Gasteiger partial charge in [0.25, 0.3) is 0 Å². The summed E-state index contributed by atoms with van der Waals surface area (Å²) < 4.78 is 24.7. The highest BCUT2D eigenvalue weighted by atomic mass is 127. The zero-order valence-electron chi connectivity index (χ0n) is 15.9. The summed E-state index contributed by atoms with van der Waals surface area (Å²) in [4.78, 5) is 7.21. The Morgan fingerprint density at radius 3 is 2.56 bits per heavy atom. The second-order valence-electron chi connectivity index (χ2n) is 7.19. The number of rotatable bonds is 6. The van der Waals surface area contributed by atoms with Crippen molar-refractivity contribution in [2.45, 2.75) is 49.1 Å². The maximum absolute atomic E-state index is 12.3. The van der Waals surface area contributed by atoms with Gasteiger partial charge in [-0.25, -0.2) is 8.42 Å². The van der Waals surface area contributed by atoms with Crippen molar-refractivity contribution in [2.75, 3.05) is 32.4 Å². The molecule has 1 aromatic carbocycles. The average Bonchev–Trinajstić information content (AvgIpc) is 3.33. The molecule has 2 aliphatic rings. The predicted molar refractivity (Wildman–Crippen MR) is 121 cm³/mol. The van der Waals surface area contributed by atoms with Crippen molar-refractivity contribution in [2.24, 2.45) is 4.99 Å². The lowest BCUT2D eigenvalue weighted by Gasteiger charge is -2.24. The summed E-state index contributed by atoms with van der Waals surface area (Å²) in [6.07, 6.45) is 6.49. The second kappa shape index (κ2) is 10.6. The molecule has 1 aliphatic heterocycles. The van der Waals surface area contributed by atoms with E-state index >= 15 is 0 Å². The third kappa shape index (κ3) is 6.32. The van der Waals surface area contributed by atoms with Crippen LogP contribution in [0.4, 0.5) is 0 Å². The summed E-state index contributed by atoms with van der Waals surface area (Å²) in [5.74, 6) is 0.739. The number of hydrogen-bond donors (Lipinski definition) is 2. The zero-order chi connectivity index (χ0) is 18.4. The summed E-state index contributed by atoms with van der Waals surface area (Å²) in [5, 5.41) is 6.60. The molecule has 3 rings (SSSR count). The highest BCUT2D eigenvalue weighted by Gasteiger charge is 2.30. The fourth-order valence-corrected chi connectivity index (χ4v) is 5.12. The van der Waals surface area contributed by atoms with Gasteiger partial charge < -0.3 is 10.6 Å². The Bertz CT molecular complexity index is 706. The van der Waals surface area contributed by atoms with E-state index in [9.17, 15) is 8.42 Å². The molecule has 0 bridgehead atoms. The lowest BCUT2D eigenvalue weighted by Crippen LogP contribution is -2.46. The number of guanidine groups is 1. The number of halogens is 1. The van der Waals surface area contributed by atoms with Gasteiger partial charge in [-0.3, -0.25) is 9.89 Å². The maximum Gasteiger partial charge on any atom is 0.191 e. The van der Waals surface area contributed by atoms with Crippen molar-refractivity contribution in [3.8, 4) is 0 Å². The van der Waals surface area contributed by atoms with E-state index in [0.29, 0.717) is 23.4 Å². The fourth-order valence-electron chi connectivity index (χ4n) is 3.94. The molecule has 0 spiro atoms. The number of nitrogens with one attached hydrogen (secondary N) is 2. The van der Waals surface area contributed by atoms with Gasteiger partial charge in [0.05, 0.1) is 10.6 Å². The molecule has 2 fully saturated rings. The van der Waals surface area contributed by atoms with Gasteiger partial charge in [-0.05, 0) is 31.4 Å². The Hall–Kier alpha value is -0.870. The van der Waals surface area contributed by atoms with Crippen LogP contribution in [0.3, 0.4) is 0 Å². The minimum Gasteiger partial charge on any atom is -0.355 e. The van der Waals surface area contributed by atoms with Crippen molar-refractivity contribution < 1.29 is 8.42 Å². The summed E-state index contributed by atoms with van der Waals surface area (Å²) in [5.41, 5.74) is 0. The second-order valence-corrected chi connectivity index (χ2v) is 9.30. The predicted octanol–water partition coefficient (Wildman–Crippen LogP) is 2.26. The number of aliphatic imine (C=N–C) groups is 1. The molecule has 1 unspecified atom stereocenters. The van der Waals surface area contributed by atoms with Crippen molar-refractivity contribution in [3.05, 3.63) is 30.3 Å². The van der Waals surface area contributed by atoms with Crippen LogP contribution in [0.1, 0.15) is 32.1 Å². The van der Waals surface area contributed by atoms with Crippen LogP contribution in [0.15, 0.2) is 40.2 Å². The Balaban J connectivity index is 0.00000261. The van der Waals surface area contributed by atoms with Gasteiger partial charge in [0.15, 0.2) is 15.8 Å². The molecular formula is C19H31IN4O2S. The third-order valence-electron chi connectivity index (χ3n) is 5.39. The Kier molecular flexibility index (Phi) is 8.81. The lowest BCUT2D eigenvalue weighted by molar-refractivity contribution is 0.242. The van der Waals surface area contributed by atoms with Crippen molar-refractivity contribution >= 4 is 39.8 Å². The SMILES string of the molecule is CN=C(NCCS(=O)(=O)c1ccccc1)NC1CCN(C2CCCC2)C1.I. The first-order valence-electron chi connectivity index (χ1n) is 9.57. The normalized spacial score (nSPS) is 21.8. The maximum atomic E-state index is 12.3. The minimum absolute atomic E-state index is 0. The summed E-state index contributed by atoms with van der Waals surface area (Å²) in [6.45, 7) is 2.53. The first-order chi connectivity index (χ1) is 12.6.